The number of piperazine rings is 1. The number of amides is 1. The summed E-state index contributed by atoms with van der Waals surface area (Å²) in [7, 11) is 1.58. The van der Waals surface area contributed by atoms with E-state index in [0.717, 1.165) is 63.4 Å². The Kier molecular flexibility index (Phi) is 8.88. The maximum absolute atomic E-state index is 14.8. The first-order valence-electron chi connectivity index (χ1n) is 15.7. The zero-order chi connectivity index (χ0) is 32.7. The number of hydrogen-bond acceptors (Lipinski definition) is 10. The summed E-state index contributed by atoms with van der Waals surface area (Å²) in [5.74, 6) is 0.161. The molecule has 1 amide bonds. The molecule has 4 aliphatic rings. The van der Waals surface area contributed by atoms with E-state index in [1.165, 1.54) is 17.5 Å². The van der Waals surface area contributed by atoms with Crippen molar-refractivity contribution in [1.82, 2.24) is 14.9 Å². The fraction of sp³-hybridized carbons (Fsp3) is 0.424. The maximum atomic E-state index is 14.8. The molecule has 2 aromatic carbocycles. The van der Waals surface area contributed by atoms with Gasteiger partial charge in [-0.3, -0.25) is 14.5 Å². The minimum absolute atomic E-state index is 0.00229. The number of rotatable bonds is 9. The number of anilines is 5. The Hall–Kier alpha value is -4.04. The van der Waals surface area contributed by atoms with Crippen LogP contribution >= 0.6 is 11.6 Å². The van der Waals surface area contributed by atoms with Crippen molar-refractivity contribution in [2.45, 2.75) is 37.5 Å². The van der Waals surface area contributed by atoms with Crippen molar-refractivity contribution in [1.29, 1.82) is 0 Å². The van der Waals surface area contributed by atoms with Crippen molar-refractivity contribution in [3.63, 3.8) is 0 Å². The zero-order valence-corrected chi connectivity index (χ0v) is 26.7. The lowest BCUT2D eigenvalue weighted by atomic mass is 10.0. The van der Waals surface area contributed by atoms with Crippen LogP contribution in [-0.4, -0.2) is 79.4 Å². The predicted molar refractivity (Wildman–Crippen MR) is 174 cm³/mol. The smallest absolute Gasteiger partial charge is 0.247 e. The number of ether oxygens (including phenoxy) is 2. The molecule has 4 atom stereocenters. The Morgan fingerprint density at radius 3 is 2.64 bits per heavy atom. The van der Waals surface area contributed by atoms with Crippen LogP contribution < -0.4 is 25.3 Å². The minimum atomic E-state index is -0.715. The van der Waals surface area contributed by atoms with Crippen molar-refractivity contribution in [2.75, 3.05) is 67.1 Å². The number of carbonyl (C=O) groups excluding carboxylic acids is 1. The van der Waals surface area contributed by atoms with Gasteiger partial charge < -0.3 is 25.0 Å². The lowest BCUT2D eigenvalue weighted by Crippen LogP contribution is -2.52. The number of methoxy groups -OCH3 is 1. The molecule has 3 saturated heterocycles. The van der Waals surface area contributed by atoms with Gasteiger partial charge in [-0.1, -0.05) is 18.2 Å². The average Bonchev–Trinajstić information content (AvgIpc) is 3.86. The van der Waals surface area contributed by atoms with Crippen LogP contribution in [0.3, 0.4) is 0 Å². The quantitative estimate of drug-likeness (QED) is 0.226. The molecule has 1 saturated carbocycles. The van der Waals surface area contributed by atoms with Crippen molar-refractivity contribution < 1.29 is 27.9 Å². The Morgan fingerprint density at radius 1 is 1.11 bits per heavy atom. The van der Waals surface area contributed by atoms with Gasteiger partial charge in [0, 0.05) is 62.3 Å². The van der Waals surface area contributed by atoms with E-state index >= 15 is 0 Å². The van der Waals surface area contributed by atoms with Gasteiger partial charge in [0.15, 0.2) is 5.82 Å². The number of benzene rings is 2. The molecule has 1 unspecified atom stereocenters. The fourth-order valence-corrected chi connectivity index (χ4v) is 7.51. The Balaban J connectivity index is 1.13. The van der Waals surface area contributed by atoms with E-state index < -0.39 is 17.7 Å². The van der Waals surface area contributed by atoms with Crippen molar-refractivity contribution in [3.05, 3.63) is 71.5 Å². The number of halogens is 3. The Bertz CT molecular complexity index is 1670. The number of hydrogen-bond donors (Lipinski definition) is 2. The van der Waals surface area contributed by atoms with Gasteiger partial charge in [0.2, 0.25) is 5.91 Å². The summed E-state index contributed by atoms with van der Waals surface area (Å²) in [4.78, 5) is 31.8. The summed E-state index contributed by atoms with van der Waals surface area (Å²) >= 11 is 6.18. The number of carbonyl (C=O) groups is 1. The van der Waals surface area contributed by atoms with Crippen LogP contribution in [0.15, 0.2) is 49.3 Å². The number of nitrogens with one attached hydrogen (secondary N) is 2. The standard InChI is InChI=1S/C33H36ClF2N7O4/c1-3-31(44)40-23-14-24(28(45-2)15-27(23)42-9-7-41(8-10-42)26-13-20-12-19(26)17-46-20)39-29-16-30(38-18-37-29)43-25(6-11-47-43)32-21(35)4-5-22(36)33(32)34/h3-5,14-16,18-20,25-26H,1,6-13,17H2,2H3,(H,40,44)(H,37,38,39)/t19-,20-,25+,26?/m0/s1. The van der Waals surface area contributed by atoms with Crippen molar-refractivity contribution >= 4 is 46.2 Å². The summed E-state index contributed by atoms with van der Waals surface area (Å²) in [5, 5.41) is 7.34. The lowest BCUT2D eigenvalue weighted by Gasteiger charge is -2.42. The van der Waals surface area contributed by atoms with Crippen LogP contribution in [-0.2, 0) is 14.4 Å². The summed E-state index contributed by atoms with van der Waals surface area (Å²) in [6.45, 7) is 8.16. The second-order valence-corrected chi connectivity index (χ2v) is 12.5. The van der Waals surface area contributed by atoms with E-state index in [-0.39, 0.29) is 23.1 Å². The number of hydroxylamine groups is 1. The van der Waals surface area contributed by atoms with Crippen LogP contribution in [0.2, 0.25) is 5.02 Å². The average molecular weight is 668 g/mol. The molecule has 11 nitrogen and oxygen atoms in total. The molecule has 2 bridgehead atoms. The third-order valence-corrected chi connectivity index (χ3v) is 9.89. The third-order valence-electron chi connectivity index (χ3n) is 9.50. The normalized spacial score (nSPS) is 24.1. The molecule has 47 heavy (non-hydrogen) atoms. The Labute approximate surface area is 276 Å². The first kappa shape index (κ1) is 31.6. The van der Waals surface area contributed by atoms with Gasteiger partial charge in [0.05, 0.1) is 54.6 Å². The van der Waals surface area contributed by atoms with Crippen LogP contribution in [0.25, 0.3) is 0 Å². The van der Waals surface area contributed by atoms with Gasteiger partial charge in [0.25, 0.3) is 0 Å². The first-order chi connectivity index (χ1) is 22.8. The molecule has 3 aliphatic heterocycles. The largest absolute Gasteiger partial charge is 0.494 e. The number of nitrogens with zero attached hydrogens (tertiary/aromatic N) is 5. The van der Waals surface area contributed by atoms with Crippen LogP contribution in [0.1, 0.15) is 30.9 Å². The fourth-order valence-electron chi connectivity index (χ4n) is 7.23. The van der Waals surface area contributed by atoms with Crippen LogP contribution in [0.4, 0.5) is 37.5 Å². The second kappa shape index (κ2) is 13.2. The highest BCUT2D eigenvalue weighted by Gasteiger charge is 2.44. The molecule has 2 N–H and O–H groups in total. The van der Waals surface area contributed by atoms with Crippen LogP contribution in [0, 0.1) is 17.6 Å². The van der Waals surface area contributed by atoms with Gasteiger partial charge in [-0.25, -0.2) is 23.8 Å². The molecule has 14 heteroatoms. The maximum Gasteiger partial charge on any atom is 0.247 e. The van der Waals surface area contributed by atoms with Gasteiger partial charge >= 0.3 is 0 Å². The molecule has 0 spiro atoms. The van der Waals surface area contributed by atoms with Crippen molar-refractivity contribution in [3.8, 4) is 5.75 Å². The van der Waals surface area contributed by atoms with Gasteiger partial charge in [0.1, 0.15) is 29.5 Å². The SMILES string of the molecule is C=CC(=O)Nc1cc(Nc2cc(N3OCC[C@@H]3c3c(F)ccc(F)c3Cl)ncn2)c(OC)cc1N1CCN(C2C[C@@H]3C[C@H]2CO3)CC1. The molecule has 1 aromatic heterocycles. The third kappa shape index (κ3) is 6.20. The lowest BCUT2D eigenvalue weighted by molar-refractivity contribution is -0.111. The Morgan fingerprint density at radius 2 is 1.91 bits per heavy atom. The number of fused-ring (bicyclic) bond motifs is 2. The van der Waals surface area contributed by atoms with E-state index in [1.54, 1.807) is 19.2 Å². The zero-order valence-electron chi connectivity index (χ0n) is 25.9. The molecule has 248 valence electrons. The summed E-state index contributed by atoms with van der Waals surface area (Å²) in [6.07, 6.45) is 5.60. The van der Waals surface area contributed by atoms with E-state index in [4.69, 9.17) is 25.9 Å². The highest BCUT2D eigenvalue weighted by Crippen LogP contribution is 2.43. The van der Waals surface area contributed by atoms with Gasteiger partial charge in [-0.05, 0) is 37.1 Å². The minimum Gasteiger partial charge on any atom is -0.494 e. The number of aromatic nitrogens is 2. The van der Waals surface area contributed by atoms with Crippen molar-refractivity contribution in [2.24, 2.45) is 5.92 Å². The highest BCUT2D eigenvalue weighted by atomic mass is 35.5. The monoisotopic (exact) mass is 667 g/mol. The highest BCUT2D eigenvalue weighted by molar-refractivity contribution is 6.31. The van der Waals surface area contributed by atoms with E-state index in [9.17, 15) is 13.6 Å². The summed E-state index contributed by atoms with van der Waals surface area (Å²) in [5.41, 5.74) is 1.97. The first-order valence-corrected chi connectivity index (χ1v) is 16.1. The van der Waals surface area contributed by atoms with E-state index in [2.05, 4.69) is 37.0 Å². The topological polar surface area (TPSA) is 104 Å². The summed E-state index contributed by atoms with van der Waals surface area (Å²) < 4.78 is 40.7. The van der Waals surface area contributed by atoms with Gasteiger partial charge in [-0.2, -0.15) is 0 Å². The molecular formula is C33H36ClF2N7O4. The molecule has 7 rings (SSSR count). The van der Waals surface area contributed by atoms with Gasteiger partial charge in [-0.15, -0.1) is 0 Å². The molecular weight excluding hydrogens is 632 g/mol. The molecule has 3 aromatic rings. The van der Waals surface area contributed by atoms with Crippen LogP contribution in [0.5, 0.6) is 5.75 Å². The molecule has 4 heterocycles. The van der Waals surface area contributed by atoms with E-state index in [1.807, 2.05) is 6.07 Å². The second-order valence-electron chi connectivity index (χ2n) is 12.1. The summed E-state index contributed by atoms with van der Waals surface area (Å²) in [6, 6.07) is 7.24. The predicted octanol–water partition coefficient (Wildman–Crippen LogP) is 5.47. The molecule has 1 aliphatic carbocycles. The molecule has 4 fully saturated rings. The molecule has 0 radical (unpaired) electrons. The van der Waals surface area contributed by atoms with E-state index in [0.29, 0.717) is 53.2 Å².